The highest BCUT2D eigenvalue weighted by atomic mass is 16.5. The van der Waals surface area contributed by atoms with Crippen molar-refractivity contribution < 1.29 is 9.53 Å². The van der Waals surface area contributed by atoms with Crippen molar-refractivity contribution in [3.05, 3.63) is 101 Å². The van der Waals surface area contributed by atoms with Crippen LogP contribution in [0.3, 0.4) is 0 Å². The van der Waals surface area contributed by atoms with Gasteiger partial charge < -0.3 is 9.64 Å². The second-order valence-electron chi connectivity index (χ2n) is 10.1. The number of hydrogen-bond donors (Lipinski definition) is 0. The zero-order valence-electron chi connectivity index (χ0n) is 22.9. The molecule has 0 bridgehead atoms. The van der Waals surface area contributed by atoms with Gasteiger partial charge >= 0.3 is 0 Å². The zero-order chi connectivity index (χ0) is 26.4. The molecule has 0 N–H and O–H groups in total. The number of methoxy groups -OCH3 is 1. The van der Waals surface area contributed by atoms with E-state index in [-0.39, 0.29) is 11.9 Å². The summed E-state index contributed by atoms with van der Waals surface area (Å²) in [4.78, 5) is 20.0. The maximum absolute atomic E-state index is 12.9. The van der Waals surface area contributed by atoms with Gasteiger partial charge in [0.15, 0.2) is 0 Å². The Kier molecular flexibility index (Phi) is 9.01. The quantitative estimate of drug-likeness (QED) is 0.369. The minimum atomic E-state index is 0.0990. The Labute approximate surface area is 222 Å². The Balaban J connectivity index is 1.56. The molecule has 3 aromatic rings. The molecule has 0 aliphatic carbocycles. The standard InChI is InChI=1S/C32H41N3O2/c1-6-33(7-2)32(36)29-17-15-28(16-18-29)31(27-11-9-8-10-12-27)35-22-24(3)34(21-25(35)4)23-26-13-19-30(37-5)20-14-26/h8-20,24-25,31H,6-7,21-23H2,1-5H3/t24-,25+,31+/m1/s1. The average molecular weight is 500 g/mol. The van der Waals surface area contributed by atoms with E-state index < -0.39 is 0 Å². The molecule has 37 heavy (non-hydrogen) atoms. The van der Waals surface area contributed by atoms with Gasteiger partial charge in [0.05, 0.1) is 13.2 Å². The van der Waals surface area contributed by atoms with Gasteiger partial charge in [-0.1, -0.05) is 54.6 Å². The van der Waals surface area contributed by atoms with E-state index in [1.165, 1.54) is 16.7 Å². The molecule has 3 atom stereocenters. The van der Waals surface area contributed by atoms with Gasteiger partial charge in [-0.2, -0.15) is 0 Å². The summed E-state index contributed by atoms with van der Waals surface area (Å²) in [6.45, 7) is 13.1. The maximum Gasteiger partial charge on any atom is 0.253 e. The van der Waals surface area contributed by atoms with Gasteiger partial charge in [0.2, 0.25) is 0 Å². The van der Waals surface area contributed by atoms with E-state index in [0.717, 1.165) is 44.0 Å². The molecular formula is C32H41N3O2. The highest BCUT2D eigenvalue weighted by Gasteiger charge is 2.34. The Bertz CT molecular complexity index is 1130. The topological polar surface area (TPSA) is 36.0 Å². The van der Waals surface area contributed by atoms with Gasteiger partial charge in [-0.3, -0.25) is 14.6 Å². The summed E-state index contributed by atoms with van der Waals surface area (Å²) in [5.41, 5.74) is 4.57. The minimum Gasteiger partial charge on any atom is -0.497 e. The summed E-state index contributed by atoms with van der Waals surface area (Å²) < 4.78 is 5.32. The van der Waals surface area contributed by atoms with Gasteiger partial charge in [-0.05, 0) is 68.7 Å². The van der Waals surface area contributed by atoms with Crippen molar-refractivity contribution in [2.45, 2.75) is 52.4 Å². The molecule has 5 heteroatoms. The van der Waals surface area contributed by atoms with Crippen LogP contribution >= 0.6 is 0 Å². The van der Waals surface area contributed by atoms with E-state index in [1.54, 1.807) is 7.11 Å². The molecule has 0 spiro atoms. The summed E-state index contributed by atoms with van der Waals surface area (Å²) in [5, 5.41) is 0. The largest absolute Gasteiger partial charge is 0.497 e. The zero-order valence-corrected chi connectivity index (χ0v) is 22.9. The molecule has 1 saturated heterocycles. The fourth-order valence-electron chi connectivity index (χ4n) is 5.48. The molecule has 1 fully saturated rings. The number of carbonyl (C=O) groups is 1. The lowest BCUT2D eigenvalue weighted by Crippen LogP contribution is -2.56. The highest BCUT2D eigenvalue weighted by molar-refractivity contribution is 5.94. The Morgan fingerprint density at radius 2 is 1.49 bits per heavy atom. The summed E-state index contributed by atoms with van der Waals surface area (Å²) >= 11 is 0. The van der Waals surface area contributed by atoms with Crippen LogP contribution < -0.4 is 4.74 Å². The Hall–Kier alpha value is -3.15. The Morgan fingerprint density at radius 1 is 0.865 bits per heavy atom. The summed E-state index contributed by atoms with van der Waals surface area (Å²) in [5.74, 6) is 0.993. The number of nitrogens with zero attached hydrogens (tertiary/aromatic N) is 3. The summed E-state index contributed by atoms with van der Waals surface area (Å²) in [6, 6.07) is 28.4. The number of piperazine rings is 1. The van der Waals surface area contributed by atoms with Crippen molar-refractivity contribution in [1.29, 1.82) is 0 Å². The number of rotatable bonds is 9. The molecule has 1 aliphatic rings. The number of hydrogen-bond acceptors (Lipinski definition) is 4. The van der Waals surface area contributed by atoms with Gasteiger partial charge in [-0.15, -0.1) is 0 Å². The van der Waals surface area contributed by atoms with Crippen LogP contribution in [0.1, 0.15) is 60.8 Å². The molecule has 0 aromatic heterocycles. The first-order chi connectivity index (χ1) is 17.9. The van der Waals surface area contributed by atoms with Crippen molar-refractivity contribution in [1.82, 2.24) is 14.7 Å². The first-order valence-corrected chi connectivity index (χ1v) is 13.5. The predicted molar refractivity (Wildman–Crippen MR) is 151 cm³/mol. The van der Waals surface area contributed by atoms with Crippen LogP contribution in [-0.4, -0.2) is 66.0 Å². The van der Waals surface area contributed by atoms with Crippen LogP contribution in [-0.2, 0) is 6.54 Å². The third-order valence-corrected chi connectivity index (χ3v) is 7.68. The van der Waals surface area contributed by atoms with Crippen LogP contribution in [0.25, 0.3) is 0 Å². The number of ether oxygens (including phenoxy) is 1. The molecular weight excluding hydrogens is 458 g/mol. The van der Waals surface area contributed by atoms with Gasteiger partial charge in [0.1, 0.15) is 5.75 Å². The number of amides is 1. The van der Waals surface area contributed by atoms with Gasteiger partial charge in [0, 0.05) is 50.4 Å². The lowest BCUT2D eigenvalue weighted by molar-refractivity contribution is 0.0195. The second-order valence-corrected chi connectivity index (χ2v) is 10.1. The van der Waals surface area contributed by atoms with E-state index in [0.29, 0.717) is 12.1 Å². The van der Waals surface area contributed by atoms with Crippen molar-refractivity contribution >= 4 is 5.91 Å². The van der Waals surface area contributed by atoms with E-state index >= 15 is 0 Å². The Morgan fingerprint density at radius 3 is 2.08 bits per heavy atom. The molecule has 0 saturated carbocycles. The normalized spacial score (nSPS) is 19.4. The number of benzene rings is 3. The van der Waals surface area contributed by atoms with Gasteiger partial charge in [-0.25, -0.2) is 0 Å². The minimum absolute atomic E-state index is 0.0990. The van der Waals surface area contributed by atoms with E-state index in [4.69, 9.17) is 4.74 Å². The molecule has 0 unspecified atom stereocenters. The van der Waals surface area contributed by atoms with E-state index in [2.05, 4.69) is 78.2 Å². The first-order valence-electron chi connectivity index (χ1n) is 13.5. The van der Waals surface area contributed by atoms with Crippen molar-refractivity contribution in [3.63, 3.8) is 0 Å². The molecule has 1 amide bonds. The van der Waals surface area contributed by atoms with Crippen LogP contribution in [0.15, 0.2) is 78.9 Å². The second kappa shape index (κ2) is 12.4. The van der Waals surface area contributed by atoms with Crippen LogP contribution in [0.4, 0.5) is 0 Å². The number of carbonyl (C=O) groups excluding carboxylic acids is 1. The van der Waals surface area contributed by atoms with Gasteiger partial charge in [0.25, 0.3) is 5.91 Å². The van der Waals surface area contributed by atoms with Crippen molar-refractivity contribution in [3.8, 4) is 5.75 Å². The lowest BCUT2D eigenvalue weighted by Gasteiger charge is -2.47. The molecule has 5 nitrogen and oxygen atoms in total. The fraction of sp³-hybridized carbons (Fsp3) is 0.406. The molecule has 3 aromatic carbocycles. The molecule has 1 heterocycles. The van der Waals surface area contributed by atoms with Crippen LogP contribution in [0.5, 0.6) is 5.75 Å². The molecule has 4 rings (SSSR count). The summed E-state index contributed by atoms with van der Waals surface area (Å²) in [7, 11) is 1.71. The van der Waals surface area contributed by atoms with E-state index in [1.807, 2.05) is 43.0 Å². The molecule has 196 valence electrons. The summed E-state index contributed by atoms with van der Waals surface area (Å²) in [6.07, 6.45) is 0. The SMILES string of the molecule is CCN(CC)C(=O)c1ccc([C@H](c2ccccc2)N2C[C@@H](C)N(Cc3ccc(OC)cc3)C[C@@H]2C)cc1. The third-order valence-electron chi connectivity index (χ3n) is 7.68. The van der Waals surface area contributed by atoms with E-state index in [9.17, 15) is 4.79 Å². The predicted octanol–water partition coefficient (Wildman–Crippen LogP) is 5.86. The first kappa shape index (κ1) is 26.9. The maximum atomic E-state index is 12.9. The lowest BCUT2D eigenvalue weighted by atomic mass is 9.92. The van der Waals surface area contributed by atoms with Crippen LogP contribution in [0, 0.1) is 0 Å². The van der Waals surface area contributed by atoms with Crippen molar-refractivity contribution in [2.75, 3.05) is 33.3 Å². The fourth-order valence-corrected chi connectivity index (χ4v) is 5.48. The molecule has 1 aliphatic heterocycles. The third kappa shape index (κ3) is 6.23. The smallest absolute Gasteiger partial charge is 0.253 e. The molecule has 0 radical (unpaired) electrons. The van der Waals surface area contributed by atoms with Crippen molar-refractivity contribution in [2.24, 2.45) is 0 Å². The van der Waals surface area contributed by atoms with Crippen LogP contribution in [0.2, 0.25) is 0 Å². The average Bonchev–Trinajstić information content (AvgIpc) is 2.93. The monoisotopic (exact) mass is 499 g/mol. The highest BCUT2D eigenvalue weighted by Crippen LogP contribution is 2.34.